The van der Waals surface area contributed by atoms with Crippen molar-refractivity contribution in [2.75, 3.05) is 0 Å². The van der Waals surface area contributed by atoms with Crippen molar-refractivity contribution in [1.82, 2.24) is 0 Å². The second-order valence-electron chi connectivity index (χ2n) is 7.42. The van der Waals surface area contributed by atoms with Gasteiger partial charge in [0.15, 0.2) is 0 Å². The molecule has 34 heavy (non-hydrogen) atoms. The van der Waals surface area contributed by atoms with E-state index in [1.54, 1.807) is 24.3 Å². The Bertz CT molecular complexity index is 1200. The minimum absolute atomic E-state index is 0.00487. The summed E-state index contributed by atoms with van der Waals surface area (Å²) in [5.74, 6) is 2.37. The highest BCUT2D eigenvalue weighted by Gasteiger charge is 2.11. The van der Waals surface area contributed by atoms with E-state index in [4.69, 9.17) is 9.47 Å². The highest BCUT2D eigenvalue weighted by molar-refractivity contribution is 5.44. The summed E-state index contributed by atoms with van der Waals surface area (Å²) in [4.78, 5) is 20.8. The van der Waals surface area contributed by atoms with E-state index in [9.17, 15) is 20.2 Å². The van der Waals surface area contributed by atoms with Gasteiger partial charge in [0.05, 0.1) is 9.85 Å². The summed E-state index contributed by atoms with van der Waals surface area (Å²) in [5.41, 5.74) is 1.97. The number of hydrogen-bond acceptors (Lipinski definition) is 6. The fraction of sp³-hybridized carbons (Fsp3) is 0.0769. The number of hydrogen-bond donors (Lipinski definition) is 0. The van der Waals surface area contributed by atoms with Crippen molar-refractivity contribution < 1.29 is 19.3 Å². The summed E-state index contributed by atoms with van der Waals surface area (Å²) in [6.45, 7) is 0. The van der Waals surface area contributed by atoms with E-state index < -0.39 is 9.85 Å². The van der Waals surface area contributed by atoms with Crippen LogP contribution in [0.3, 0.4) is 0 Å². The van der Waals surface area contributed by atoms with Crippen LogP contribution in [0.1, 0.15) is 11.1 Å². The second-order valence-corrected chi connectivity index (χ2v) is 7.42. The van der Waals surface area contributed by atoms with E-state index in [0.717, 1.165) is 11.1 Å². The summed E-state index contributed by atoms with van der Waals surface area (Å²) < 4.78 is 12.0. The quantitative estimate of drug-likeness (QED) is 0.201. The summed E-state index contributed by atoms with van der Waals surface area (Å²) in [6.07, 6.45) is 1.34. The number of ether oxygens (including phenoxy) is 2. The van der Waals surface area contributed by atoms with Crippen LogP contribution in [0, 0.1) is 20.2 Å². The topological polar surface area (TPSA) is 105 Å². The molecule has 0 spiro atoms. The third kappa shape index (κ3) is 5.55. The molecule has 0 aromatic heterocycles. The molecule has 8 nitrogen and oxygen atoms in total. The smallest absolute Gasteiger partial charge is 0.269 e. The van der Waals surface area contributed by atoms with Gasteiger partial charge in [-0.05, 0) is 60.4 Å². The first-order valence-corrected chi connectivity index (χ1v) is 10.5. The third-order valence-electron chi connectivity index (χ3n) is 5.16. The highest BCUT2D eigenvalue weighted by atomic mass is 16.6. The van der Waals surface area contributed by atoms with Crippen LogP contribution in [0.25, 0.3) is 0 Å². The van der Waals surface area contributed by atoms with Gasteiger partial charge in [-0.25, -0.2) is 0 Å². The minimum atomic E-state index is -0.450. The molecule has 0 radical (unpaired) electrons. The molecule has 0 fully saturated rings. The number of benzene rings is 4. The molecule has 0 aliphatic carbocycles. The lowest BCUT2D eigenvalue weighted by atomic mass is 10.0. The van der Waals surface area contributed by atoms with Gasteiger partial charge in [-0.2, -0.15) is 0 Å². The van der Waals surface area contributed by atoms with Crippen LogP contribution in [-0.2, 0) is 12.8 Å². The van der Waals surface area contributed by atoms with Gasteiger partial charge < -0.3 is 9.47 Å². The van der Waals surface area contributed by atoms with E-state index in [2.05, 4.69) is 0 Å². The fourth-order valence-electron chi connectivity index (χ4n) is 3.41. The molecule has 0 atom stereocenters. The lowest BCUT2D eigenvalue weighted by Crippen LogP contribution is -1.98. The van der Waals surface area contributed by atoms with Gasteiger partial charge in [0.1, 0.15) is 23.0 Å². The molecule has 0 unspecified atom stereocenters. The minimum Gasteiger partial charge on any atom is -0.457 e. The van der Waals surface area contributed by atoms with Crippen molar-refractivity contribution in [3.05, 3.63) is 128 Å². The van der Waals surface area contributed by atoms with Gasteiger partial charge in [-0.3, -0.25) is 20.2 Å². The Balaban J connectivity index is 1.47. The third-order valence-corrected chi connectivity index (χ3v) is 5.16. The van der Waals surface area contributed by atoms with Crippen molar-refractivity contribution in [2.45, 2.75) is 12.8 Å². The highest BCUT2D eigenvalue weighted by Crippen LogP contribution is 2.30. The zero-order chi connectivity index (χ0) is 23.9. The van der Waals surface area contributed by atoms with Crippen LogP contribution >= 0.6 is 0 Å². The summed E-state index contributed by atoms with van der Waals surface area (Å²) in [7, 11) is 0. The van der Waals surface area contributed by atoms with Gasteiger partial charge >= 0.3 is 0 Å². The molecular weight excluding hydrogens is 436 g/mol. The molecule has 0 aliphatic heterocycles. The van der Waals surface area contributed by atoms with Crippen molar-refractivity contribution in [3.8, 4) is 23.0 Å². The molecule has 0 amide bonds. The predicted octanol–water partition coefficient (Wildman–Crippen LogP) is 6.87. The van der Waals surface area contributed by atoms with Crippen LogP contribution < -0.4 is 9.47 Å². The Labute approximate surface area is 195 Å². The standard InChI is InChI=1S/C26H20N2O6/c29-27(30)21-11-15-23(16-12-21)33-25-7-3-1-5-19(25)9-10-20-6-2-4-8-26(20)34-24-17-13-22(14-18-24)28(31)32/h1-8,11-18H,9-10H2. The zero-order valence-corrected chi connectivity index (χ0v) is 18.0. The number of nitrogens with zero attached hydrogens (tertiary/aromatic N) is 2. The van der Waals surface area contributed by atoms with Gasteiger partial charge in [-0.15, -0.1) is 0 Å². The largest absolute Gasteiger partial charge is 0.457 e. The average molecular weight is 456 g/mol. The number of nitro benzene ring substituents is 2. The Morgan fingerprint density at radius 2 is 0.882 bits per heavy atom. The van der Waals surface area contributed by atoms with Crippen molar-refractivity contribution in [3.63, 3.8) is 0 Å². The van der Waals surface area contributed by atoms with E-state index in [1.807, 2.05) is 48.5 Å². The number of nitro groups is 2. The van der Waals surface area contributed by atoms with Crippen molar-refractivity contribution >= 4 is 11.4 Å². The Morgan fingerprint density at radius 3 is 1.24 bits per heavy atom. The van der Waals surface area contributed by atoms with Crippen LogP contribution in [0.4, 0.5) is 11.4 Å². The van der Waals surface area contributed by atoms with Gasteiger partial charge in [0.25, 0.3) is 11.4 Å². The maximum atomic E-state index is 10.9. The van der Waals surface area contributed by atoms with Gasteiger partial charge in [0, 0.05) is 24.3 Å². The Hall–Kier alpha value is -4.72. The summed E-state index contributed by atoms with van der Waals surface area (Å²) in [5, 5.41) is 21.7. The van der Waals surface area contributed by atoms with Gasteiger partial charge in [0.2, 0.25) is 0 Å². The normalized spacial score (nSPS) is 10.5. The maximum Gasteiger partial charge on any atom is 0.269 e. The Morgan fingerprint density at radius 1 is 0.529 bits per heavy atom. The van der Waals surface area contributed by atoms with E-state index in [-0.39, 0.29) is 11.4 Å². The van der Waals surface area contributed by atoms with E-state index >= 15 is 0 Å². The summed E-state index contributed by atoms with van der Waals surface area (Å²) in [6, 6.07) is 27.2. The molecule has 0 saturated heterocycles. The maximum absolute atomic E-state index is 10.9. The van der Waals surface area contributed by atoms with E-state index in [1.165, 1.54) is 24.3 Å². The van der Waals surface area contributed by atoms with Crippen LogP contribution in [0.2, 0.25) is 0 Å². The van der Waals surface area contributed by atoms with Crippen LogP contribution in [-0.4, -0.2) is 9.85 Å². The second kappa shape index (κ2) is 10.3. The first kappa shape index (κ1) is 22.5. The van der Waals surface area contributed by atoms with Crippen molar-refractivity contribution in [2.24, 2.45) is 0 Å². The first-order chi connectivity index (χ1) is 16.5. The molecule has 0 bridgehead atoms. The number of non-ortho nitro benzene ring substituents is 2. The number of rotatable bonds is 9. The predicted molar refractivity (Wildman–Crippen MR) is 127 cm³/mol. The number of aryl methyl sites for hydroxylation is 2. The van der Waals surface area contributed by atoms with E-state index in [0.29, 0.717) is 35.8 Å². The molecule has 170 valence electrons. The lowest BCUT2D eigenvalue weighted by Gasteiger charge is -2.13. The lowest BCUT2D eigenvalue weighted by molar-refractivity contribution is -0.385. The number of para-hydroxylation sites is 2. The molecule has 8 heteroatoms. The van der Waals surface area contributed by atoms with Crippen LogP contribution in [0.15, 0.2) is 97.1 Å². The molecule has 4 aromatic carbocycles. The Kier molecular flexibility index (Phi) is 6.78. The monoisotopic (exact) mass is 456 g/mol. The van der Waals surface area contributed by atoms with Gasteiger partial charge in [-0.1, -0.05) is 36.4 Å². The SMILES string of the molecule is O=[N+]([O-])c1ccc(Oc2ccccc2CCc2ccccc2Oc2ccc([N+](=O)[O-])cc2)cc1. The zero-order valence-electron chi connectivity index (χ0n) is 18.0. The molecule has 4 rings (SSSR count). The fourth-order valence-corrected chi connectivity index (χ4v) is 3.41. The average Bonchev–Trinajstić information content (AvgIpc) is 2.85. The molecule has 4 aromatic rings. The van der Waals surface area contributed by atoms with Crippen LogP contribution in [0.5, 0.6) is 23.0 Å². The molecule has 0 saturated carbocycles. The molecule has 0 aliphatic rings. The molecule has 0 heterocycles. The molecule has 0 N–H and O–H groups in total. The van der Waals surface area contributed by atoms with Crippen molar-refractivity contribution in [1.29, 1.82) is 0 Å². The molecular formula is C26H20N2O6. The first-order valence-electron chi connectivity index (χ1n) is 10.5. The summed E-state index contributed by atoms with van der Waals surface area (Å²) >= 11 is 0.